The lowest BCUT2D eigenvalue weighted by atomic mass is 9.97. The standard InChI is InChI=1S/C19H22ClN3O/c20-17-12-16(23-19(24)15-8-10-21-11-9-15)6-7-18(17)22-13-14-4-2-1-3-5-14/h1-7,12,15,21-22H,8-11,13H2,(H,23,24). The van der Waals surface area contributed by atoms with Crippen molar-refractivity contribution >= 4 is 28.9 Å². The Kier molecular flexibility index (Phi) is 5.72. The predicted octanol–water partition coefficient (Wildman–Crippen LogP) is 3.89. The summed E-state index contributed by atoms with van der Waals surface area (Å²) >= 11 is 6.34. The number of nitrogens with one attached hydrogen (secondary N) is 3. The van der Waals surface area contributed by atoms with E-state index in [-0.39, 0.29) is 11.8 Å². The fourth-order valence-corrected chi connectivity index (χ4v) is 3.11. The van der Waals surface area contributed by atoms with Crippen molar-refractivity contribution in [1.82, 2.24) is 5.32 Å². The molecule has 24 heavy (non-hydrogen) atoms. The van der Waals surface area contributed by atoms with Gasteiger partial charge in [-0.05, 0) is 49.7 Å². The second kappa shape index (κ2) is 8.18. The van der Waals surface area contributed by atoms with Crippen LogP contribution in [-0.2, 0) is 11.3 Å². The van der Waals surface area contributed by atoms with Crippen LogP contribution < -0.4 is 16.0 Å². The van der Waals surface area contributed by atoms with E-state index in [2.05, 4.69) is 28.1 Å². The highest BCUT2D eigenvalue weighted by Crippen LogP contribution is 2.26. The summed E-state index contributed by atoms with van der Waals surface area (Å²) in [5, 5.41) is 10.2. The minimum absolute atomic E-state index is 0.0811. The first-order valence-electron chi connectivity index (χ1n) is 8.31. The van der Waals surface area contributed by atoms with Gasteiger partial charge in [-0.25, -0.2) is 0 Å². The number of benzene rings is 2. The van der Waals surface area contributed by atoms with Crippen molar-refractivity contribution in [1.29, 1.82) is 0 Å². The summed E-state index contributed by atoms with van der Waals surface area (Å²) in [4.78, 5) is 12.3. The molecule has 0 spiro atoms. The van der Waals surface area contributed by atoms with Gasteiger partial charge in [0, 0.05) is 18.2 Å². The average Bonchev–Trinajstić information content (AvgIpc) is 2.62. The van der Waals surface area contributed by atoms with E-state index in [1.54, 1.807) is 6.07 Å². The lowest BCUT2D eigenvalue weighted by Crippen LogP contribution is -2.34. The van der Waals surface area contributed by atoms with E-state index in [1.165, 1.54) is 5.56 Å². The molecule has 1 aliphatic heterocycles. The zero-order chi connectivity index (χ0) is 16.8. The molecule has 0 aliphatic carbocycles. The zero-order valence-electron chi connectivity index (χ0n) is 13.5. The Hall–Kier alpha value is -2.04. The third-order valence-electron chi connectivity index (χ3n) is 4.27. The van der Waals surface area contributed by atoms with E-state index < -0.39 is 0 Å². The monoisotopic (exact) mass is 343 g/mol. The van der Waals surface area contributed by atoms with Gasteiger partial charge >= 0.3 is 0 Å². The van der Waals surface area contributed by atoms with Gasteiger partial charge in [0.05, 0.1) is 10.7 Å². The Labute approximate surface area is 147 Å². The van der Waals surface area contributed by atoms with Gasteiger partial charge in [0.2, 0.25) is 5.91 Å². The fourth-order valence-electron chi connectivity index (χ4n) is 2.86. The molecule has 1 fully saturated rings. The van der Waals surface area contributed by atoms with E-state index in [1.807, 2.05) is 30.3 Å². The number of carbonyl (C=O) groups excluding carboxylic acids is 1. The number of amides is 1. The van der Waals surface area contributed by atoms with E-state index >= 15 is 0 Å². The van der Waals surface area contributed by atoms with Crippen LogP contribution in [0.4, 0.5) is 11.4 Å². The number of piperidine rings is 1. The highest BCUT2D eigenvalue weighted by atomic mass is 35.5. The Morgan fingerprint density at radius 2 is 1.88 bits per heavy atom. The van der Waals surface area contributed by atoms with Crippen molar-refractivity contribution < 1.29 is 4.79 Å². The molecule has 0 aromatic heterocycles. The quantitative estimate of drug-likeness (QED) is 0.772. The van der Waals surface area contributed by atoms with Crippen molar-refractivity contribution in [3.05, 3.63) is 59.1 Å². The predicted molar refractivity (Wildman–Crippen MR) is 99.4 cm³/mol. The van der Waals surface area contributed by atoms with Crippen LogP contribution in [0.2, 0.25) is 5.02 Å². The number of hydrogen-bond acceptors (Lipinski definition) is 3. The average molecular weight is 344 g/mol. The lowest BCUT2D eigenvalue weighted by Gasteiger charge is -2.22. The van der Waals surface area contributed by atoms with Crippen LogP contribution in [0.25, 0.3) is 0 Å². The van der Waals surface area contributed by atoms with Gasteiger partial charge in [-0.3, -0.25) is 4.79 Å². The molecular formula is C19H22ClN3O. The lowest BCUT2D eigenvalue weighted by molar-refractivity contribution is -0.120. The second-order valence-corrected chi connectivity index (χ2v) is 6.45. The third kappa shape index (κ3) is 4.49. The number of rotatable bonds is 5. The summed E-state index contributed by atoms with van der Waals surface area (Å²) in [6.07, 6.45) is 1.77. The summed E-state index contributed by atoms with van der Waals surface area (Å²) < 4.78 is 0. The van der Waals surface area contributed by atoms with Crippen molar-refractivity contribution in [2.75, 3.05) is 23.7 Å². The summed E-state index contributed by atoms with van der Waals surface area (Å²) in [5.41, 5.74) is 2.80. The van der Waals surface area contributed by atoms with Crippen LogP contribution in [0, 0.1) is 5.92 Å². The van der Waals surface area contributed by atoms with Crippen LogP contribution in [0.15, 0.2) is 48.5 Å². The molecule has 2 aromatic rings. The highest BCUT2D eigenvalue weighted by molar-refractivity contribution is 6.33. The smallest absolute Gasteiger partial charge is 0.227 e. The number of hydrogen-bond donors (Lipinski definition) is 3. The molecule has 4 nitrogen and oxygen atoms in total. The first-order valence-corrected chi connectivity index (χ1v) is 8.69. The molecule has 3 N–H and O–H groups in total. The van der Waals surface area contributed by atoms with Crippen molar-refractivity contribution in [2.45, 2.75) is 19.4 Å². The third-order valence-corrected chi connectivity index (χ3v) is 4.59. The van der Waals surface area contributed by atoms with Gasteiger partial charge in [-0.2, -0.15) is 0 Å². The molecule has 0 radical (unpaired) electrons. The van der Waals surface area contributed by atoms with Crippen LogP contribution in [0.1, 0.15) is 18.4 Å². The molecule has 1 saturated heterocycles. The van der Waals surface area contributed by atoms with Crippen LogP contribution in [-0.4, -0.2) is 19.0 Å². The molecule has 0 bridgehead atoms. The Morgan fingerprint density at radius 1 is 1.12 bits per heavy atom. The molecule has 0 saturated carbocycles. The number of halogens is 1. The topological polar surface area (TPSA) is 53.2 Å². The van der Waals surface area contributed by atoms with Gasteiger partial charge in [0.15, 0.2) is 0 Å². The maximum atomic E-state index is 12.3. The highest BCUT2D eigenvalue weighted by Gasteiger charge is 2.20. The van der Waals surface area contributed by atoms with Gasteiger partial charge < -0.3 is 16.0 Å². The number of anilines is 2. The molecule has 2 aromatic carbocycles. The first-order chi connectivity index (χ1) is 11.7. The van der Waals surface area contributed by atoms with Crippen molar-refractivity contribution in [3.8, 4) is 0 Å². The molecule has 1 heterocycles. The number of carbonyl (C=O) groups is 1. The van der Waals surface area contributed by atoms with Crippen LogP contribution in [0.3, 0.4) is 0 Å². The van der Waals surface area contributed by atoms with E-state index in [4.69, 9.17) is 11.6 Å². The van der Waals surface area contributed by atoms with E-state index in [0.29, 0.717) is 11.6 Å². The van der Waals surface area contributed by atoms with Gasteiger partial charge in [0.25, 0.3) is 0 Å². The second-order valence-electron chi connectivity index (χ2n) is 6.05. The molecule has 126 valence electrons. The summed E-state index contributed by atoms with van der Waals surface area (Å²) in [5.74, 6) is 0.165. The van der Waals surface area contributed by atoms with E-state index in [9.17, 15) is 4.79 Å². The Morgan fingerprint density at radius 3 is 2.58 bits per heavy atom. The normalized spacial score (nSPS) is 15.0. The molecule has 5 heteroatoms. The molecule has 1 amide bonds. The molecule has 0 atom stereocenters. The first kappa shape index (κ1) is 16.8. The molecule has 1 aliphatic rings. The van der Waals surface area contributed by atoms with Crippen LogP contribution in [0.5, 0.6) is 0 Å². The SMILES string of the molecule is O=C(Nc1ccc(NCc2ccccc2)c(Cl)c1)C1CCNCC1. The molecule has 3 rings (SSSR count). The molecule has 0 unspecified atom stereocenters. The van der Waals surface area contributed by atoms with Crippen molar-refractivity contribution in [3.63, 3.8) is 0 Å². The van der Waals surface area contributed by atoms with E-state index in [0.717, 1.165) is 37.3 Å². The fraction of sp³-hybridized carbons (Fsp3) is 0.316. The minimum Gasteiger partial charge on any atom is -0.380 e. The maximum absolute atomic E-state index is 12.3. The minimum atomic E-state index is 0.0811. The molecular weight excluding hydrogens is 322 g/mol. The van der Waals surface area contributed by atoms with Gasteiger partial charge in [0.1, 0.15) is 0 Å². The van der Waals surface area contributed by atoms with Crippen molar-refractivity contribution in [2.24, 2.45) is 5.92 Å². The summed E-state index contributed by atoms with van der Waals surface area (Å²) in [6.45, 7) is 2.52. The van der Waals surface area contributed by atoms with Crippen LogP contribution >= 0.6 is 11.6 Å². The summed E-state index contributed by atoms with van der Waals surface area (Å²) in [6, 6.07) is 15.7. The Balaban J connectivity index is 1.58. The zero-order valence-corrected chi connectivity index (χ0v) is 14.3. The summed E-state index contributed by atoms with van der Waals surface area (Å²) in [7, 11) is 0. The maximum Gasteiger partial charge on any atom is 0.227 e. The Bertz CT molecular complexity index is 684. The largest absolute Gasteiger partial charge is 0.380 e. The van der Waals surface area contributed by atoms with Gasteiger partial charge in [-0.15, -0.1) is 0 Å². The van der Waals surface area contributed by atoms with Gasteiger partial charge in [-0.1, -0.05) is 41.9 Å².